The summed E-state index contributed by atoms with van der Waals surface area (Å²) in [6.07, 6.45) is -1.65. The molecule has 0 radical (unpaired) electrons. The van der Waals surface area contributed by atoms with Crippen LogP contribution in [0.5, 0.6) is 0 Å². The lowest BCUT2D eigenvalue weighted by atomic mass is 9.78. The van der Waals surface area contributed by atoms with Crippen molar-refractivity contribution in [1.29, 1.82) is 0 Å². The Hall–Kier alpha value is -1.96. The molecular weight excluding hydrogens is 352 g/mol. The Labute approximate surface area is 157 Å². The van der Waals surface area contributed by atoms with Crippen LogP contribution in [0.3, 0.4) is 0 Å². The van der Waals surface area contributed by atoms with E-state index in [0.717, 1.165) is 0 Å². The number of carbonyl (C=O) groups excluding carboxylic acids is 2. The minimum atomic E-state index is -1.08. The first kappa shape index (κ1) is 18.4. The Morgan fingerprint density at radius 2 is 2.00 bits per heavy atom. The summed E-state index contributed by atoms with van der Waals surface area (Å²) in [4.78, 5) is 24.6. The molecular formula is C20H24O7. The molecule has 2 N–H and O–H groups in total. The Morgan fingerprint density at radius 3 is 2.59 bits per heavy atom. The van der Waals surface area contributed by atoms with Crippen molar-refractivity contribution < 1.29 is 34.0 Å². The quantitative estimate of drug-likeness (QED) is 0.316. The molecule has 0 bridgehead atoms. The van der Waals surface area contributed by atoms with E-state index in [1.54, 1.807) is 19.9 Å². The number of hydrogen-bond donors (Lipinski definition) is 2. The standard InChI is InChI=1S/C20H24O7/c1-5-8(2)18(23)26-11-6-9(3)12-14(16-13(11)10(4)19(24)27-16)20(7-25-20)17(22)15(12)21/h5,11-17,21-22H,3-4,6-7H2,1-2H3/b8-5+/t11-,12-,13+,14-,15+,16-,17-,20-/m0/s1. The van der Waals surface area contributed by atoms with Crippen molar-refractivity contribution in [3.63, 3.8) is 0 Å². The number of fused-ring (bicyclic) bond motifs is 4. The summed E-state index contributed by atoms with van der Waals surface area (Å²) < 4.78 is 16.9. The zero-order valence-corrected chi connectivity index (χ0v) is 15.4. The van der Waals surface area contributed by atoms with Gasteiger partial charge in [-0.1, -0.05) is 24.8 Å². The molecule has 7 nitrogen and oxygen atoms in total. The normalized spacial score (nSPS) is 46.0. The molecule has 146 valence electrons. The minimum absolute atomic E-state index is 0.232. The van der Waals surface area contributed by atoms with Crippen LogP contribution in [0.1, 0.15) is 20.3 Å². The van der Waals surface area contributed by atoms with E-state index in [1.807, 2.05) is 0 Å². The van der Waals surface area contributed by atoms with E-state index in [-0.39, 0.29) is 18.6 Å². The molecule has 4 fully saturated rings. The number of aliphatic hydroxyl groups excluding tert-OH is 2. The smallest absolute Gasteiger partial charge is 0.334 e. The molecule has 27 heavy (non-hydrogen) atoms. The Bertz CT molecular complexity index is 762. The summed E-state index contributed by atoms with van der Waals surface area (Å²) in [7, 11) is 0. The van der Waals surface area contributed by atoms with Crippen LogP contribution in [-0.4, -0.2) is 58.8 Å². The summed E-state index contributed by atoms with van der Waals surface area (Å²) in [5, 5.41) is 21.2. The van der Waals surface area contributed by atoms with Gasteiger partial charge in [-0.15, -0.1) is 0 Å². The van der Waals surface area contributed by atoms with Gasteiger partial charge in [-0.2, -0.15) is 0 Å². The third-order valence-electron chi connectivity index (χ3n) is 6.59. The van der Waals surface area contributed by atoms with Crippen LogP contribution in [0.15, 0.2) is 36.0 Å². The van der Waals surface area contributed by atoms with E-state index in [0.29, 0.717) is 11.1 Å². The highest BCUT2D eigenvalue weighted by Crippen LogP contribution is 2.60. The number of aliphatic hydroxyl groups is 2. The van der Waals surface area contributed by atoms with E-state index >= 15 is 0 Å². The first-order chi connectivity index (χ1) is 12.7. The van der Waals surface area contributed by atoms with Crippen LogP contribution >= 0.6 is 0 Å². The summed E-state index contributed by atoms with van der Waals surface area (Å²) in [6.45, 7) is 11.6. The molecule has 0 unspecified atom stereocenters. The molecule has 0 aromatic rings. The Kier molecular flexibility index (Phi) is 4.10. The lowest BCUT2D eigenvalue weighted by Crippen LogP contribution is -2.43. The fourth-order valence-electron chi connectivity index (χ4n) is 4.95. The lowest BCUT2D eigenvalue weighted by molar-refractivity contribution is -0.149. The fraction of sp³-hybridized carbons (Fsp3) is 0.600. The van der Waals surface area contributed by atoms with E-state index in [2.05, 4.69) is 13.2 Å². The Balaban J connectivity index is 1.74. The fourth-order valence-corrected chi connectivity index (χ4v) is 4.95. The molecule has 2 saturated carbocycles. The predicted molar refractivity (Wildman–Crippen MR) is 93.3 cm³/mol. The van der Waals surface area contributed by atoms with Gasteiger partial charge in [-0.25, -0.2) is 9.59 Å². The van der Waals surface area contributed by atoms with Gasteiger partial charge in [-0.3, -0.25) is 0 Å². The average molecular weight is 376 g/mol. The third-order valence-corrected chi connectivity index (χ3v) is 6.59. The van der Waals surface area contributed by atoms with Gasteiger partial charge in [0.15, 0.2) is 0 Å². The molecule has 2 heterocycles. The average Bonchev–Trinajstić information content (AvgIpc) is 3.35. The van der Waals surface area contributed by atoms with Crippen molar-refractivity contribution in [2.24, 2.45) is 17.8 Å². The molecule has 0 aromatic heterocycles. The predicted octanol–water partition coefficient (Wildman–Crippen LogP) is 0.659. The van der Waals surface area contributed by atoms with E-state index in [9.17, 15) is 19.8 Å². The van der Waals surface area contributed by atoms with E-state index in [4.69, 9.17) is 14.2 Å². The molecule has 7 heteroatoms. The van der Waals surface area contributed by atoms with E-state index in [1.165, 1.54) is 0 Å². The van der Waals surface area contributed by atoms with Gasteiger partial charge in [0, 0.05) is 29.4 Å². The van der Waals surface area contributed by atoms with Gasteiger partial charge in [0.2, 0.25) is 0 Å². The van der Waals surface area contributed by atoms with Crippen molar-refractivity contribution in [3.05, 3.63) is 36.0 Å². The molecule has 0 aromatic carbocycles. The summed E-state index contributed by atoms with van der Waals surface area (Å²) >= 11 is 0. The first-order valence-corrected chi connectivity index (χ1v) is 9.14. The highest BCUT2D eigenvalue weighted by molar-refractivity contribution is 5.91. The van der Waals surface area contributed by atoms with Crippen LogP contribution in [0, 0.1) is 17.8 Å². The molecule has 2 aliphatic heterocycles. The van der Waals surface area contributed by atoms with Gasteiger partial charge in [-0.05, 0) is 13.8 Å². The summed E-state index contributed by atoms with van der Waals surface area (Å²) in [6, 6.07) is 0. The highest BCUT2D eigenvalue weighted by Gasteiger charge is 2.74. The molecule has 2 aliphatic carbocycles. The maximum absolute atomic E-state index is 12.4. The van der Waals surface area contributed by atoms with Crippen LogP contribution in [0.4, 0.5) is 0 Å². The van der Waals surface area contributed by atoms with E-state index < -0.39 is 59.7 Å². The lowest BCUT2D eigenvalue weighted by Gasteiger charge is -2.30. The third kappa shape index (κ3) is 2.45. The molecule has 4 rings (SSSR count). The molecule has 8 atom stereocenters. The molecule has 4 aliphatic rings. The highest BCUT2D eigenvalue weighted by atomic mass is 16.6. The number of epoxide rings is 1. The number of hydrogen-bond acceptors (Lipinski definition) is 7. The molecule has 0 amide bonds. The Morgan fingerprint density at radius 1 is 1.33 bits per heavy atom. The van der Waals surface area contributed by atoms with Crippen molar-refractivity contribution in [2.45, 2.75) is 50.3 Å². The molecule has 2 saturated heterocycles. The van der Waals surface area contributed by atoms with Crippen LogP contribution in [0.2, 0.25) is 0 Å². The second-order valence-electron chi connectivity index (χ2n) is 7.93. The number of carbonyl (C=O) groups is 2. The monoisotopic (exact) mass is 376 g/mol. The van der Waals surface area contributed by atoms with Crippen molar-refractivity contribution >= 4 is 11.9 Å². The zero-order valence-electron chi connectivity index (χ0n) is 15.4. The van der Waals surface area contributed by atoms with Crippen molar-refractivity contribution in [1.82, 2.24) is 0 Å². The minimum Gasteiger partial charge on any atom is -0.458 e. The van der Waals surface area contributed by atoms with Gasteiger partial charge < -0.3 is 24.4 Å². The topological polar surface area (TPSA) is 106 Å². The number of rotatable bonds is 2. The summed E-state index contributed by atoms with van der Waals surface area (Å²) in [5.41, 5.74) is 0.373. The number of esters is 2. The van der Waals surface area contributed by atoms with Gasteiger partial charge in [0.05, 0.1) is 18.6 Å². The maximum atomic E-state index is 12.4. The SMILES string of the molecule is C=C1C[C@H](OC(=O)/C(C)=C/C)[C@H]2C(=C)C(=O)O[C@@H]2[C@@H]2[C@H]1[C@@H](O)[C@H](O)[C@]21CO1. The maximum Gasteiger partial charge on any atom is 0.334 e. The van der Waals surface area contributed by atoms with Crippen molar-refractivity contribution in [3.8, 4) is 0 Å². The zero-order chi connectivity index (χ0) is 19.7. The number of ether oxygens (including phenoxy) is 3. The second-order valence-corrected chi connectivity index (χ2v) is 7.93. The van der Waals surface area contributed by atoms with Gasteiger partial charge in [0.25, 0.3) is 0 Å². The number of allylic oxidation sites excluding steroid dienone is 1. The van der Waals surface area contributed by atoms with Gasteiger partial charge >= 0.3 is 11.9 Å². The van der Waals surface area contributed by atoms with Crippen LogP contribution < -0.4 is 0 Å². The largest absolute Gasteiger partial charge is 0.458 e. The molecule has 1 spiro atoms. The summed E-state index contributed by atoms with van der Waals surface area (Å²) in [5.74, 6) is -2.58. The van der Waals surface area contributed by atoms with Crippen molar-refractivity contribution in [2.75, 3.05) is 6.61 Å². The first-order valence-electron chi connectivity index (χ1n) is 9.14. The van der Waals surface area contributed by atoms with Crippen LogP contribution in [-0.2, 0) is 23.8 Å². The second kappa shape index (κ2) is 6.02. The van der Waals surface area contributed by atoms with Crippen LogP contribution in [0.25, 0.3) is 0 Å². The van der Waals surface area contributed by atoms with Gasteiger partial charge in [0.1, 0.15) is 23.9 Å².